The predicted molar refractivity (Wildman–Crippen MR) is 201 cm³/mol. The van der Waals surface area contributed by atoms with E-state index in [2.05, 4.69) is 21.3 Å². The zero-order chi connectivity index (χ0) is 45.8. The zero-order valence-corrected chi connectivity index (χ0v) is 32.3. The van der Waals surface area contributed by atoms with Gasteiger partial charge in [0.15, 0.2) is 9.49 Å². The van der Waals surface area contributed by atoms with Gasteiger partial charge in [0.1, 0.15) is 0 Å². The van der Waals surface area contributed by atoms with E-state index in [1.165, 1.54) is 98.8 Å². The number of hydrogen-bond acceptors (Lipinski definition) is 10. The van der Waals surface area contributed by atoms with Crippen molar-refractivity contribution in [1.29, 1.82) is 11.0 Å². The Bertz CT molecular complexity index is 2710. The Balaban J connectivity index is 1.50. The van der Waals surface area contributed by atoms with Crippen LogP contribution in [0.3, 0.4) is 0 Å². The highest BCUT2D eigenvalue weighted by atomic mass is 32.2. The third-order valence-corrected chi connectivity index (χ3v) is 13.4. The highest BCUT2D eigenvalue weighted by Crippen LogP contribution is 2.53. The molecule has 0 spiro atoms. The van der Waals surface area contributed by atoms with Gasteiger partial charge in [0.25, 0.3) is 20.2 Å². The Hall–Kier alpha value is -6.10. The lowest BCUT2D eigenvalue weighted by atomic mass is 9.76. The lowest BCUT2D eigenvalue weighted by Crippen LogP contribution is -2.43. The van der Waals surface area contributed by atoms with E-state index in [0.717, 1.165) is 0 Å². The maximum absolute atomic E-state index is 13.6. The van der Waals surface area contributed by atoms with Crippen molar-refractivity contribution in [3.05, 3.63) is 141 Å². The highest BCUT2D eigenvalue weighted by molar-refractivity contribution is 7.87. The summed E-state index contributed by atoms with van der Waals surface area (Å²) >= 11 is 0. The van der Waals surface area contributed by atoms with Crippen LogP contribution in [0, 0.1) is 24.9 Å². The molecule has 0 radical (unpaired) electrons. The van der Waals surface area contributed by atoms with E-state index in [4.69, 9.17) is 2.82 Å². The number of alkyl halides is 6. The van der Waals surface area contributed by atoms with Gasteiger partial charge in [-0.3, -0.25) is 18.7 Å². The van der Waals surface area contributed by atoms with Crippen LogP contribution in [0.4, 0.5) is 26.3 Å². The Morgan fingerprint density at radius 1 is 0.633 bits per heavy atom. The molecule has 6 N–H and O–H groups in total. The molecule has 0 aliphatic heterocycles. The van der Waals surface area contributed by atoms with Crippen molar-refractivity contribution < 1.29 is 64.7 Å². The summed E-state index contributed by atoms with van der Waals surface area (Å²) in [6.07, 6.45) is -12.6. The fraction of sp³-hybridized carbons (Fsp3) is 0.211. The molecule has 0 heterocycles. The van der Waals surface area contributed by atoms with E-state index in [1.54, 1.807) is 10.6 Å². The third kappa shape index (κ3) is 7.07. The van der Waals surface area contributed by atoms with Gasteiger partial charge in [0, 0.05) is 24.0 Å². The first kappa shape index (κ1) is 40.7. The molecule has 2 unspecified atom stereocenters. The molecule has 0 aromatic heterocycles. The molecule has 2 aliphatic carbocycles. The maximum Gasteiger partial charge on any atom is 0.471 e. The van der Waals surface area contributed by atoms with Crippen molar-refractivity contribution in [2.24, 2.45) is 10.2 Å². The minimum Gasteiger partial charge on any atom is -0.316 e. The van der Waals surface area contributed by atoms with Gasteiger partial charge in [-0.15, -0.1) is 0 Å². The first-order chi connectivity index (χ1) is 28.8. The zero-order valence-electron chi connectivity index (χ0n) is 32.7. The number of nitrogens with zero attached hydrogens (tertiary/aromatic N) is 2. The Morgan fingerprint density at radius 3 is 1.28 bits per heavy atom. The van der Waals surface area contributed by atoms with Crippen LogP contribution in [0.1, 0.15) is 57.3 Å². The van der Waals surface area contributed by atoms with Crippen molar-refractivity contribution >= 4 is 43.4 Å². The number of fused-ring (bicyclic) bond motifs is 2. The summed E-state index contributed by atoms with van der Waals surface area (Å²) in [6, 6.07) is 18.6. The normalized spacial score (nSPS) is 20.4. The number of rotatable bonds is 9. The van der Waals surface area contributed by atoms with E-state index >= 15 is 0 Å². The van der Waals surface area contributed by atoms with Gasteiger partial charge in [0.05, 0.1) is 22.8 Å². The number of allylic oxidation sites excluding steroid dienone is 2. The molecule has 2 aliphatic rings. The quantitative estimate of drug-likeness (QED) is 0.0550. The molecule has 14 nitrogen and oxygen atoms in total. The van der Waals surface area contributed by atoms with Crippen LogP contribution in [-0.2, 0) is 39.3 Å². The van der Waals surface area contributed by atoms with Crippen LogP contribution >= 0.6 is 0 Å². The van der Waals surface area contributed by atoms with Gasteiger partial charge in [-0.1, -0.05) is 84.9 Å². The number of hydrogen-bond donors (Lipinski definition) is 6. The average molecular weight is 877 g/mol. The summed E-state index contributed by atoms with van der Waals surface area (Å²) in [5.74, 6) is -4.85. The van der Waals surface area contributed by atoms with Crippen LogP contribution in [0.2, 0.25) is 2.82 Å². The summed E-state index contributed by atoms with van der Waals surface area (Å²) in [5, 5.41) is 10.4. The van der Waals surface area contributed by atoms with E-state index in [-0.39, 0.29) is 44.5 Å². The van der Waals surface area contributed by atoms with Crippen LogP contribution < -0.4 is 10.6 Å². The van der Waals surface area contributed by atoms with Gasteiger partial charge in [-0.25, -0.2) is 11.0 Å². The number of carbonyl (C=O) groups is 2. The molecule has 2 amide bonds. The average Bonchev–Trinajstić information content (AvgIpc) is 3.18. The second kappa shape index (κ2) is 14.9. The molecule has 4 aromatic rings. The number of nitrogens with one attached hydrogen (secondary N) is 4. The largest absolute Gasteiger partial charge is 0.471 e. The number of amides is 2. The van der Waals surface area contributed by atoms with Crippen molar-refractivity contribution in [2.45, 2.75) is 48.5 Å². The minimum absolute atomic E-state index is 0.0937. The lowest BCUT2D eigenvalue weighted by Gasteiger charge is -2.39. The summed E-state index contributed by atoms with van der Waals surface area (Å²) in [5.41, 5.74) is 3.21. The number of halogens is 6. The fourth-order valence-electron chi connectivity index (χ4n) is 7.89. The second-order valence-electron chi connectivity index (χ2n) is 13.9. The molecule has 0 saturated heterocycles. The molecule has 0 bridgehead atoms. The van der Waals surface area contributed by atoms with E-state index in [9.17, 15) is 61.9 Å². The molecule has 22 heteroatoms. The van der Waals surface area contributed by atoms with Gasteiger partial charge in [0.2, 0.25) is 2.82 Å². The van der Waals surface area contributed by atoms with Crippen LogP contribution in [0.15, 0.2) is 107 Å². The Kier molecular flexibility index (Phi) is 10.1. The van der Waals surface area contributed by atoms with Crippen LogP contribution in [-0.4, -0.2) is 50.1 Å². The molecule has 0 saturated carbocycles. The molecular formula is C38H30F6N6O8S2. The maximum atomic E-state index is 13.6. The highest BCUT2D eigenvalue weighted by Gasteiger charge is 2.55. The van der Waals surface area contributed by atoms with E-state index < -0.39 is 89.5 Å². The summed E-state index contributed by atoms with van der Waals surface area (Å²) in [7, 11) is -10.6. The predicted octanol–water partition coefficient (Wildman–Crippen LogP) is 7.80. The topological polar surface area (TPSA) is 239 Å². The Morgan fingerprint density at radius 2 is 0.983 bits per heavy atom. The van der Waals surface area contributed by atoms with Crippen LogP contribution in [0.25, 0.3) is 22.5 Å². The van der Waals surface area contributed by atoms with Gasteiger partial charge in [-0.2, -0.15) is 53.4 Å². The minimum atomic E-state index is -5.38. The smallest absolute Gasteiger partial charge is 0.316 e. The number of aryl methyl sites for hydroxylation is 2. The van der Waals surface area contributed by atoms with E-state index in [1.807, 2.05) is 0 Å². The van der Waals surface area contributed by atoms with Crippen molar-refractivity contribution in [3.63, 3.8) is 0 Å². The van der Waals surface area contributed by atoms with Crippen LogP contribution in [0.5, 0.6) is 0 Å². The number of carbonyl (C=O) groups excluding carboxylic acids is 2. The molecule has 0 fully saturated rings. The molecular weight excluding hydrogens is 847 g/mol. The monoisotopic (exact) mass is 876 g/mol. The van der Waals surface area contributed by atoms with Gasteiger partial charge < -0.3 is 10.6 Å². The molecule has 4 aromatic carbocycles. The summed E-state index contributed by atoms with van der Waals surface area (Å²) in [4.78, 5) is 24.1. The SMILES string of the molecule is [H]/N=N/C1=C(NC(=O)C(F)(F)F)c2ccccc2C(c2ccc(-c3ccc(C4(S(=O)(=O)O)CC(/N=N/[H])=C(NC(=O)C(F)(F)F)c5ccccc54)c(C)c3)cc2C)(S(=O)(=O)O)C1. The standard InChI is InChI=1S/C38H30F6N6O8S2/c1-19-15-21(11-13-25(19)35(59(53,54)55)17-29(49-45)31(47-33(51)37(39,40)41)23-7-3-5-9-27(23)35)22-12-14-26(20(2)16-22)36(60(56,57)58)18-30(50-46)32(48-34(52)38(42,43)44)24-8-4-6-10-28(24)36/h3-16,45-46H,17-18H2,1-2H3,(H,47,51)(H,48,52)(H,53,54,55)(H,56,57,58)/b49-45+,50-46+. The van der Waals surface area contributed by atoms with Crippen molar-refractivity contribution in [2.75, 3.05) is 0 Å². The first-order valence-corrected chi connectivity index (χ1v) is 20.0. The second-order valence-corrected chi connectivity index (χ2v) is 17.1. The number of benzene rings is 4. The fourth-order valence-corrected chi connectivity index (χ4v) is 10.5. The molecule has 6 rings (SSSR count). The van der Waals surface area contributed by atoms with Gasteiger partial charge in [-0.05, 0) is 58.4 Å². The van der Waals surface area contributed by atoms with Crippen molar-refractivity contribution in [1.82, 2.24) is 10.6 Å². The lowest BCUT2D eigenvalue weighted by molar-refractivity contribution is -0.172. The molecule has 2 atom stereocenters. The summed E-state index contributed by atoms with van der Waals surface area (Å²) in [6.45, 7) is 2.92. The molecule has 60 heavy (non-hydrogen) atoms. The van der Waals surface area contributed by atoms with Crippen molar-refractivity contribution in [3.8, 4) is 11.1 Å². The molecule has 314 valence electrons. The Labute approximate surface area is 339 Å². The first-order valence-electron chi connectivity index (χ1n) is 18.0. The van der Waals surface area contributed by atoms with E-state index in [0.29, 0.717) is 11.1 Å². The summed E-state index contributed by atoms with van der Waals surface area (Å²) < 4.78 is 166. The third-order valence-electron chi connectivity index (χ3n) is 10.4. The van der Waals surface area contributed by atoms with Gasteiger partial charge >= 0.3 is 24.2 Å².